The van der Waals surface area contributed by atoms with Gasteiger partial charge in [0.05, 0.1) is 19.0 Å². The van der Waals surface area contributed by atoms with Gasteiger partial charge in [-0.05, 0) is 49.2 Å². The maximum absolute atomic E-state index is 5.61. The smallest absolute Gasteiger partial charge is 0.231 e. The van der Waals surface area contributed by atoms with E-state index in [1.54, 1.807) is 7.11 Å². The van der Waals surface area contributed by atoms with Crippen LogP contribution in [0.2, 0.25) is 0 Å². The molecule has 1 unspecified atom stereocenters. The highest BCUT2D eigenvalue weighted by Crippen LogP contribution is 2.48. The fourth-order valence-corrected chi connectivity index (χ4v) is 5.31. The van der Waals surface area contributed by atoms with E-state index >= 15 is 0 Å². The molecule has 0 N–H and O–H groups in total. The first kappa shape index (κ1) is 19.2. The molecule has 5 rings (SSSR count). The summed E-state index contributed by atoms with van der Waals surface area (Å²) in [7, 11) is 3.71. The molecule has 0 radical (unpaired) electrons. The van der Waals surface area contributed by atoms with Gasteiger partial charge in [-0.2, -0.15) is 5.10 Å². The van der Waals surface area contributed by atoms with Crippen LogP contribution >= 0.6 is 11.8 Å². The van der Waals surface area contributed by atoms with Gasteiger partial charge in [0.1, 0.15) is 5.75 Å². The van der Waals surface area contributed by atoms with E-state index in [1.165, 1.54) is 27.4 Å². The second-order valence-corrected chi connectivity index (χ2v) is 8.89. The molecule has 0 aliphatic carbocycles. The van der Waals surface area contributed by atoms with Gasteiger partial charge in [0.2, 0.25) is 6.79 Å². The zero-order valence-electron chi connectivity index (χ0n) is 17.4. The quantitative estimate of drug-likeness (QED) is 0.606. The standard InChI is InChI=1S/C23H25N3O3S/c1-15-17(12-24-25(15)2)13-26-9-8-22(16-4-7-20-21(10-16)29-14-28-20)30-23-11-18(27-3)5-6-19(23)26/h4-7,10-12,22H,8-9,13-14H2,1-3H3. The number of nitrogens with zero attached hydrogens (tertiary/aromatic N) is 3. The Bertz CT molecular complexity index is 1080. The predicted molar refractivity (Wildman–Crippen MR) is 118 cm³/mol. The first-order valence-electron chi connectivity index (χ1n) is 10.1. The van der Waals surface area contributed by atoms with E-state index < -0.39 is 0 Å². The van der Waals surface area contributed by atoms with E-state index in [-0.39, 0.29) is 0 Å². The predicted octanol–water partition coefficient (Wildman–Crippen LogP) is 4.71. The normalized spacial score (nSPS) is 17.6. The van der Waals surface area contributed by atoms with Crippen molar-refractivity contribution in [3.8, 4) is 17.2 Å². The monoisotopic (exact) mass is 423 g/mol. The lowest BCUT2D eigenvalue weighted by Crippen LogP contribution is -2.24. The van der Waals surface area contributed by atoms with E-state index in [1.807, 2.05) is 41.8 Å². The van der Waals surface area contributed by atoms with Gasteiger partial charge >= 0.3 is 0 Å². The molecule has 3 aromatic rings. The van der Waals surface area contributed by atoms with Crippen LogP contribution in [0.3, 0.4) is 0 Å². The number of aryl methyl sites for hydroxylation is 1. The van der Waals surface area contributed by atoms with Gasteiger partial charge < -0.3 is 19.1 Å². The Morgan fingerprint density at radius 1 is 1.17 bits per heavy atom. The van der Waals surface area contributed by atoms with Gasteiger partial charge in [-0.25, -0.2) is 0 Å². The van der Waals surface area contributed by atoms with E-state index in [0.29, 0.717) is 12.0 Å². The van der Waals surface area contributed by atoms with Gasteiger partial charge in [-0.3, -0.25) is 4.68 Å². The van der Waals surface area contributed by atoms with Crippen LogP contribution < -0.4 is 19.1 Å². The summed E-state index contributed by atoms with van der Waals surface area (Å²) >= 11 is 1.89. The van der Waals surface area contributed by atoms with Gasteiger partial charge in [0.15, 0.2) is 11.5 Å². The molecule has 2 aromatic carbocycles. The van der Waals surface area contributed by atoms with Crippen LogP contribution in [0.5, 0.6) is 17.2 Å². The molecule has 0 fully saturated rings. The average Bonchev–Trinajstić information content (AvgIpc) is 3.31. The van der Waals surface area contributed by atoms with E-state index in [9.17, 15) is 0 Å². The molecular weight excluding hydrogens is 398 g/mol. The molecule has 0 spiro atoms. The minimum atomic E-state index is 0.300. The third kappa shape index (κ3) is 3.47. The van der Waals surface area contributed by atoms with Crippen molar-refractivity contribution in [2.24, 2.45) is 7.05 Å². The SMILES string of the molecule is COc1ccc2c(c1)SC(c1ccc3c(c1)OCO3)CCN2Cc1cnn(C)c1C. The summed E-state index contributed by atoms with van der Waals surface area (Å²) in [6, 6.07) is 12.7. The highest BCUT2D eigenvalue weighted by atomic mass is 32.2. The Morgan fingerprint density at radius 3 is 2.83 bits per heavy atom. The van der Waals surface area contributed by atoms with Crippen molar-refractivity contribution >= 4 is 17.4 Å². The van der Waals surface area contributed by atoms with Crippen LogP contribution in [-0.4, -0.2) is 30.2 Å². The van der Waals surface area contributed by atoms with Gasteiger partial charge in [0.25, 0.3) is 0 Å². The van der Waals surface area contributed by atoms with Gasteiger partial charge in [0, 0.05) is 41.5 Å². The maximum Gasteiger partial charge on any atom is 0.231 e. The van der Waals surface area contributed by atoms with Crippen molar-refractivity contribution in [3.05, 3.63) is 59.4 Å². The van der Waals surface area contributed by atoms with Crippen molar-refractivity contribution in [2.75, 3.05) is 25.3 Å². The van der Waals surface area contributed by atoms with E-state index in [2.05, 4.69) is 41.2 Å². The first-order chi connectivity index (χ1) is 14.6. The summed E-state index contributed by atoms with van der Waals surface area (Å²) in [4.78, 5) is 3.69. The third-order valence-electron chi connectivity index (χ3n) is 5.90. The largest absolute Gasteiger partial charge is 0.497 e. The molecule has 0 bridgehead atoms. The number of hydrogen-bond donors (Lipinski definition) is 0. The summed E-state index contributed by atoms with van der Waals surface area (Å²) in [5.74, 6) is 2.55. The number of aromatic nitrogens is 2. The fourth-order valence-electron chi connectivity index (χ4n) is 4.00. The Morgan fingerprint density at radius 2 is 2.03 bits per heavy atom. The summed E-state index contributed by atoms with van der Waals surface area (Å²) < 4.78 is 18.6. The minimum absolute atomic E-state index is 0.300. The Kier molecular flexibility index (Phi) is 4.98. The highest BCUT2D eigenvalue weighted by Gasteiger charge is 2.26. The number of fused-ring (bicyclic) bond motifs is 2. The molecule has 6 nitrogen and oxygen atoms in total. The van der Waals surface area contributed by atoms with Crippen molar-refractivity contribution in [1.82, 2.24) is 9.78 Å². The zero-order valence-corrected chi connectivity index (χ0v) is 18.2. The molecule has 1 aromatic heterocycles. The lowest BCUT2D eigenvalue weighted by Gasteiger charge is -2.24. The number of rotatable bonds is 4. The van der Waals surface area contributed by atoms with Gasteiger partial charge in [-0.1, -0.05) is 6.07 Å². The number of benzene rings is 2. The summed E-state index contributed by atoms with van der Waals surface area (Å²) in [5.41, 5.74) is 4.96. The summed E-state index contributed by atoms with van der Waals surface area (Å²) in [5, 5.41) is 4.75. The topological polar surface area (TPSA) is 48.8 Å². The molecule has 1 atom stereocenters. The van der Waals surface area contributed by atoms with Crippen molar-refractivity contribution in [1.29, 1.82) is 0 Å². The van der Waals surface area contributed by atoms with Crippen LogP contribution in [0.1, 0.15) is 28.5 Å². The van der Waals surface area contributed by atoms with Crippen LogP contribution in [-0.2, 0) is 13.6 Å². The summed E-state index contributed by atoms with van der Waals surface area (Å²) in [6.07, 6.45) is 3.01. The molecular formula is C23H25N3O3S. The maximum atomic E-state index is 5.61. The molecule has 7 heteroatoms. The zero-order chi connectivity index (χ0) is 20.7. The molecule has 0 amide bonds. The van der Waals surface area contributed by atoms with E-state index in [0.717, 1.165) is 36.8 Å². The molecule has 3 heterocycles. The van der Waals surface area contributed by atoms with Crippen molar-refractivity contribution in [3.63, 3.8) is 0 Å². The third-order valence-corrected chi connectivity index (χ3v) is 7.28. The minimum Gasteiger partial charge on any atom is -0.497 e. The number of thioether (sulfide) groups is 1. The number of methoxy groups -OCH3 is 1. The van der Waals surface area contributed by atoms with E-state index in [4.69, 9.17) is 14.2 Å². The fraction of sp³-hybridized carbons (Fsp3) is 0.348. The molecule has 2 aliphatic rings. The van der Waals surface area contributed by atoms with Crippen LogP contribution in [0.15, 0.2) is 47.5 Å². The second-order valence-electron chi connectivity index (χ2n) is 7.64. The molecule has 0 saturated carbocycles. The Hall–Kier alpha value is -2.80. The van der Waals surface area contributed by atoms with Crippen molar-refractivity contribution < 1.29 is 14.2 Å². The molecule has 2 aliphatic heterocycles. The van der Waals surface area contributed by atoms with Crippen LogP contribution in [0.25, 0.3) is 0 Å². The average molecular weight is 424 g/mol. The summed E-state index contributed by atoms with van der Waals surface area (Å²) in [6.45, 7) is 4.22. The van der Waals surface area contributed by atoms with Gasteiger partial charge in [-0.15, -0.1) is 11.8 Å². The molecule has 0 saturated heterocycles. The Labute approximate surface area is 180 Å². The lowest BCUT2D eigenvalue weighted by atomic mass is 10.1. The van der Waals surface area contributed by atoms with Crippen molar-refractivity contribution in [2.45, 2.75) is 30.0 Å². The molecule has 30 heavy (non-hydrogen) atoms. The van der Waals surface area contributed by atoms with Crippen LogP contribution in [0.4, 0.5) is 5.69 Å². The molecule has 156 valence electrons. The number of anilines is 1. The lowest BCUT2D eigenvalue weighted by molar-refractivity contribution is 0.174. The highest BCUT2D eigenvalue weighted by molar-refractivity contribution is 7.99. The van der Waals surface area contributed by atoms with Crippen LogP contribution in [0, 0.1) is 6.92 Å². The second kappa shape index (κ2) is 7.80. The first-order valence-corrected chi connectivity index (χ1v) is 11.0. The number of hydrogen-bond acceptors (Lipinski definition) is 6. The number of ether oxygens (including phenoxy) is 3. The Balaban J connectivity index is 1.48.